The highest BCUT2D eigenvalue weighted by Gasteiger charge is 2.74. The maximum Gasteiger partial charge on any atom is 0.414 e. The number of nitriles is 1. The fraction of sp³-hybridized carbons (Fsp3) is 0.583. The molecule has 4 heterocycles. The SMILES string of the molecule is COC(=O)C1C[C@@]23CC[C@@]14N(C(=O)OC)c1ccccc1[C@@]4(C#N)CCN2C(=O)C(OS(C)(=O)=O)C3. The Labute approximate surface area is 209 Å². The molecule has 5 atom stereocenters. The molecule has 36 heavy (non-hydrogen) atoms. The summed E-state index contributed by atoms with van der Waals surface area (Å²) in [7, 11) is -1.42. The minimum absolute atomic E-state index is 0.0766. The van der Waals surface area contributed by atoms with E-state index in [0.29, 0.717) is 17.7 Å². The summed E-state index contributed by atoms with van der Waals surface area (Å²) in [6, 6.07) is 9.47. The van der Waals surface area contributed by atoms with Crippen LogP contribution in [0.4, 0.5) is 10.5 Å². The summed E-state index contributed by atoms with van der Waals surface area (Å²) >= 11 is 0. The first-order valence-electron chi connectivity index (χ1n) is 11.7. The zero-order chi connectivity index (χ0) is 26.1. The van der Waals surface area contributed by atoms with Crippen LogP contribution in [0.15, 0.2) is 24.3 Å². The van der Waals surface area contributed by atoms with Crippen molar-refractivity contribution >= 4 is 33.8 Å². The fourth-order valence-electron chi connectivity index (χ4n) is 7.33. The number of carbonyl (C=O) groups is 3. The number of amides is 2. The molecule has 3 saturated heterocycles. The van der Waals surface area contributed by atoms with Crippen LogP contribution in [0, 0.1) is 17.2 Å². The van der Waals surface area contributed by atoms with Crippen LogP contribution in [-0.4, -0.2) is 75.5 Å². The third kappa shape index (κ3) is 2.99. The summed E-state index contributed by atoms with van der Waals surface area (Å²) in [6.45, 7) is 0.134. The van der Waals surface area contributed by atoms with Crippen LogP contribution in [0.1, 0.15) is 37.7 Å². The van der Waals surface area contributed by atoms with Gasteiger partial charge in [-0.25, -0.2) is 4.79 Å². The number of hydrogen-bond donors (Lipinski definition) is 0. The van der Waals surface area contributed by atoms with Crippen molar-refractivity contribution in [1.29, 1.82) is 5.26 Å². The van der Waals surface area contributed by atoms with Crippen LogP contribution in [0.5, 0.6) is 0 Å². The lowest BCUT2D eigenvalue weighted by Gasteiger charge is -2.59. The Balaban J connectivity index is 1.74. The van der Waals surface area contributed by atoms with Crippen molar-refractivity contribution in [3.05, 3.63) is 29.8 Å². The number of carbonyl (C=O) groups excluding carboxylic acids is 3. The second kappa shape index (κ2) is 7.91. The Kier molecular flexibility index (Phi) is 5.39. The topological polar surface area (TPSA) is 143 Å². The Bertz CT molecular complexity index is 1310. The van der Waals surface area contributed by atoms with Gasteiger partial charge in [-0.3, -0.25) is 18.7 Å². The molecule has 2 amide bonds. The molecule has 2 unspecified atom stereocenters. The summed E-state index contributed by atoms with van der Waals surface area (Å²) in [4.78, 5) is 43.2. The molecular formula is C24H27N3O8S. The smallest absolute Gasteiger partial charge is 0.414 e. The van der Waals surface area contributed by atoms with Gasteiger partial charge in [0, 0.05) is 18.5 Å². The Morgan fingerprint density at radius 2 is 1.83 bits per heavy atom. The number of ether oxygens (including phenoxy) is 2. The highest BCUT2D eigenvalue weighted by molar-refractivity contribution is 7.86. The normalized spacial score (nSPS) is 34.7. The van der Waals surface area contributed by atoms with Crippen molar-refractivity contribution in [3.8, 4) is 6.07 Å². The molecular weight excluding hydrogens is 490 g/mol. The van der Waals surface area contributed by atoms with E-state index in [9.17, 15) is 28.1 Å². The molecule has 0 radical (unpaired) electrons. The maximum absolute atomic E-state index is 13.5. The number of fused-ring (bicyclic) bond motifs is 4. The summed E-state index contributed by atoms with van der Waals surface area (Å²) in [6.07, 6.45) is -0.204. The van der Waals surface area contributed by atoms with E-state index in [2.05, 4.69) is 6.07 Å². The van der Waals surface area contributed by atoms with Crippen molar-refractivity contribution in [2.75, 3.05) is 31.9 Å². The molecule has 4 aliphatic heterocycles. The number of para-hydroxylation sites is 1. The molecule has 192 valence electrons. The van der Waals surface area contributed by atoms with Crippen LogP contribution in [0.3, 0.4) is 0 Å². The first-order valence-corrected chi connectivity index (χ1v) is 13.5. The summed E-state index contributed by atoms with van der Waals surface area (Å²) in [5, 5.41) is 10.8. The highest BCUT2D eigenvalue weighted by Crippen LogP contribution is 2.65. The van der Waals surface area contributed by atoms with Gasteiger partial charge in [-0.2, -0.15) is 13.7 Å². The van der Waals surface area contributed by atoms with Crippen molar-refractivity contribution in [1.82, 2.24) is 4.90 Å². The lowest BCUT2D eigenvalue weighted by molar-refractivity contribution is -0.158. The zero-order valence-corrected chi connectivity index (χ0v) is 21.0. The first kappa shape index (κ1) is 24.5. The van der Waals surface area contributed by atoms with Crippen LogP contribution >= 0.6 is 0 Å². The van der Waals surface area contributed by atoms with Gasteiger partial charge in [-0.1, -0.05) is 18.2 Å². The van der Waals surface area contributed by atoms with Crippen LogP contribution < -0.4 is 4.90 Å². The molecule has 1 aromatic rings. The van der Waals surface area contributed by atoms with Gasteiger partial charge in [0.2, 0.25) is 0 Å². The number of hydrogen-bond acceptors (Lipinski definition) is 9. The Morgan fingerprint density at radius 1 is 1.11 bits per heavy atom. The van der Waals surface area contributed by atoms with Gasteiger partial charge in [0.05, 0.1) is 43.7 Å². The summed E-state index contributed by atoms with van der Waals surface area (Å²) in [5.41, 5.74) is -2.48. The third-order valence-electron chi connectivity index (χ3n) is 8.59. The van der Waals surface area contributed by atoms with Crippen LogP contribution in [0.2, 0.25) is 0 Å². The number of rotatable bonds is 3. The molecule has 0 aromatic heterocycles. The van der Waals surface area contributed by atoms with E-state index >= 15 is 0 Å². The third-order valence-corrected chi connectivity index (χ3v) is 9.17. The van der Waals surface area contributed by atoms with Gasteiger partial charge in [0.15, 0.2) is 6.10 Å². The average molecular weight is 518 g/mol. The van der Waals surface area contributed by atoms with Gasteiger partial charge < -0.3 is 14.4 Å². The molecule has 0 N–H and O–H groups in total. The second-order valence-corrected chi connectivity index (χ2v) is 11.6. The summed E-state index contributed by atoms with van der Waals surface area (Å²) in [5.74, 6) is -2.09. The van der Waals surface area contributed by atoms with Gasteiger partial charge >= 0.3 is 12.1 Å². The maximum atomic E-state index is 13.5. The van der Waals surface area contributed by atoms with Crippen LogP contribution in [0.25, 0.3) is 0 Å². The van der Waals surface area contributed by atoms with Crippen molar-refractivity contribution in [2.24, 2.45) is 5.92 Å². The van der Waals surface area contributed by atoms with Gasteiger partial charge in [-0.15, -0.1) is 0 Å². The quantitative estimate of drug-likeness (QED) is 0.430. The molecule has 6 rings (SSSR count). The molecule has 5 aliphatic rings. The number of esters is 1. The monoisotopic (exact) mass is 517 g/mol. The van der Waals surface area contributed by atoms with E-state index in [1.54, 1.807) is 29.2 Å². The molecule has 1 saturated carbocycles. The number of nitrogens with zero attached hydrogens (tertiary/aromatic N) is 3. The largest absolute Gasteiger partial charge is 0.469 e. The standard InChI is InChI=1S/C24H27N3O8S/c1-33-20(29)16-12-22-8-9-24(16)23(14-25,15-6-4-5-7-17(15)27(24)21(30)34-2)10-11-26(22)19(28)18(13-22)35-36(3,31)32/h4-7,16,18H,8-13H2,1-3H3/t16?,18?,22-,23+,24-/m1/s1. The molecule has 11 nitrogen and oxygen atoms in total. The van der Waals surface area contributed by atoms with E-state index in [0.717, 1.165) is 6.26 Å². The van der Waals surface area contributed by atoms with Gasteiger partial charge in [0.25, 0.3) is 16.0 Å². The second-order valence-electron chi connectivity index (χ2n) is 10.0. The Morgan fingerprint density at radius 3 is 2.47 bits per heavy atom. The lowest BCUT2D eigenvalue weighted by atomic mass is 9.52. The minimum atomic E-state index is -3.92. The lowest BCUT2D eigenvalue weighted by Crippen LogP contribution is -2.72. The van der Waals surface area contributed by atoms with E-state index < -0.39 is 56.6 Å². The zero-order valence-electron chi connectivity index (χ0n) is 20.2. The molecule has 1 aromatic carbocycles. The highest BCUT2D eigenvalue weighted by atomic mass is 32.2. The molecule has 4 fully saturated rings. The van der Waals surface area contributed by atoms with Gasteiger partial charge in [-0.05, 0) is 37.3 Å². The van der Waals surface area contributed by atoms with E-state index in [-0.39, 0.29) is 32.2 Å². The predicted molar refractivity (Wildman–Crippen MR) is 124 cm³/mol. The van der Waals surface area contributed by atoms with Crippen molar-refractivity contribution in [3.63, 3.8) is 0 Å². The van der Waals surface area contributed by atoms with Gasteiger partial charge in [0.1, 0.15) is 5.41 Å². The van der Waals surface area contributed by atoms with Crippen LogP contribution in [-0.2, 0) is 38.8 Å². The first-order chi connectivity index (χ1) is 17.0. The minimum Gasteiger partial charge on any atom is -0.469 e. The van der Waals surface area contributed by atoms with E-state index in [1.165, 1.54) is 19.1 Å². The predicted octanol–water partition coefficient (Wildman–Crippen LogP) is 1.47. The number of anilines is 1. The number of methoxy groups -OCH3 is 2. The number of benzene rings is 1. The fourth-order valence-corrected chi connectivity index (χ4v) is 7.90. The average Bonchev–Trinajstić information content (AvgIpc) is 3.21. The molecule has 2 spiro atoms. The van der Waals surface area contributed by atoms with Crippen molar-refractivity contribution < 1.29 is 36.5 Å². The Hall–Kier alpha value is -3.17. The summed E-state index contributed by atoms with van der Waals surface area (Å²) < 4.78 is 39.3. The molecule has 12 heteroatoms. The van der Waals surface area contributed by atoms with E-state index in [1.807, 2.05) is 0 Å². The van der Waals surface area contributed by atoms with Crippen molar-refractivity contribution in [2.45, 2.75) is 54.7 Å². The molecule has 2 bridgehead atoms. The molecule has 1 aliphatic carbocycles. The van der Waals surface area contributed by atoms with E-state index in [4.69, 9.17) is 13.7 Å².